The maximum absolute atomic E-state index is 11.0. The standard InChI is InChI=1S/C10H9BrN4O3/c1-15-13-9(12-14-15)5-18-8-3-2-6(11)4-7(8)10(16)17/h2-4H,5H2,1H3,(H,16,17). The molecular weight excluding hydrogens is 304 g/mol. The Morgan fingerprint density at radius 1 is 1.56 bits per heavy atom. The number of rotatable bonds is 4. The summed E-state index contributed by atoms with van der Waals surface area (Å²) in [6, 6.07) is 4.75. The Kier molecular flexibility index (Phi) is 3.56. The molecule has 1 heterocycles. The summed E-state index contributed by atoms with van der Waals surface area (Å²) in [7, 11) is 1.64. The van der Waals surface area contributed by atoms with Crippen LogP contribution in [0.25, 0.3) is 0 Å². The van der Waals surface area contributed by atoms with Crippen LogP contribution in [-0.2, 0) is 13.7 Å². The molecule has 1 aromatic heterocycles. The number of carboxylic acids is 1. The van der Waals surface area contributed by atoms with Crippen molar-refractivity contribution < 1.29 is 14.6 Å². The Bertz CT molecular complexity index is 584. The number of aromatic carboxylic acids is 1. The summed E-state index contributed by atoms with van der Waals surface area (Å²) in [4.78, 5) is 12.3. The third-order valence-corrected chi connectivity index (χ3v) is 2.57. The predicted octanol–water partition coefficient (Wildman–Crippen LogP) is 1.25. The summed E-state index contributed by atoms with van der Waals surface area (Å²) in [5.41, 5.74) is 0.0771. The van der Waals surface area contributed by atoms with Crippen LogP contribution in [0.4, 0.5) is 0 Å². The van der Waals surface area contributed by atoms with E-state index in [9.17, 15) is 4.79 Å². The van der Waals surface area contributed by atoms with E-state index in [4.69, 9.17) is 9.84 Å². The highest BCUT2D eigenvalue weighted by Crippen LogP contribution is 2.23. The normalized spacial score (nSPS) is 10.3. The highest BCUT2D eigenvalue weighted by molar-refractivity contribution is 9.10. The highest BCUT2D eigenvalue weighted by atomic mass is 79.9. The van der Waals surface area contributed by atoms with Gasteiger partial charge in [0.15, 0.2) is 6.61 Å². The molecule has 8 heteroatoms. The minimum Gasteiger partial charge on any atom is -0.485 e. The molecule has 0 fully saturated rings. The number of benzene rings is 1. The van der Waals surface area contributed by atoms with Gasteiger partial charge in [0.1, 0.15) is 11.3 Å². The first-order valence-corrected chi connectivity index (χ1v) is 5.74. The molecule has 0 bridgehead atoms. The van der Waals surface area contributed by atoms with E-state index in [1.54, 1.807) is 19.2 Å². The molecule has 0 atom stereocenters. The number of carboxylic acid groups (broad SMARTS) is 1. The van der Waals surface area contributed by atoms with Crippen molar-refractivity contribution in [2.75, 3.05) is 0 Å². The van der Waals surface area contributed by atoms with Gasteiger partial charge in [-0.05, 0) is 23.4 Å². The van der Waals surface area contributed by atoms with Crippen molar-refractivity contribution in [2.45, 2.75) is 6.61 Å². The molecular formula is C10H9BrN4O3. The van der Waals surface area contributed by atoms with Crippen LogP contribution in [0.1, 0.15) is 16.2 Å². The summed E-state index contributed by atoms with van der Waals surface area (Å²) in [5.74, 6) is -0.409. The second-order valence-electron chi connectivity index (χ2n) is 3.43. The maximum Gasteiger partial charge on any atom is 0.339 e. The van der Waals surface area contributed by atoms with Gasteiger partial charge >= 0.3 is 5.97 Å². The summed E-state index contributed by atoms with van der Waals surface area (Å²) >= 11 is 3.21. The number of hydrogen-bond donors (Lipinski definition) is 1. The van der Waals surface area contributed by atoms with Crippen LogP contribution in [0.3, 0.4) is 0 Å². The maximum atomic E-state index is 11.0. The summed E-state index contributed by atoms with van der Waals surface area (Å²) in [6.07, 6.45) is 0. The van der Waals surface area contributed by atoms with Gasteiger partial charge < -0.3 is 9.84 Å². The number of ether oxygens (including phenoxy) is 1. The fourth-order valence-corrected chi connectivity index (χ4v) is 1.68. The van der Waals surface area contributed by atoms with Gasteiger partial charge in [-0.25, -0.2) is 4.79 Å². The van der Waals surface area contributed by atoms with Crippen LogP contribution < -0.4 is 4.74 Å². The Morgan fingerprint density at radius 2 is 2.33 bits per heavy atom. The number of aryl methyl sites for hydroxylation is 1. The second kappa shape index (κ2) is 5.13. The van der Waals surface area contributed by atoms with E-state index in [0.29, 0.717) is 10.3 Å². The van der Waals surface area contributed by atoms with Crippen LogP contribution in [0, 0.1) is 0 Å². The van der Waals surface area contributed by atoms with Crippen molar-refractivity contribution in [3.05, 3.63) is 34.1 Å². The molecule has 0 aliphatic rings. The Balaban J connectivity index is 2.16. The lowest BCUT2D eigenvalue weighted by molar-refractivity contribution is 0.0691. The Labute approximate surface area is 111 Å². The van der Waals surface area contributed by atoms with Crippen molar-refractivity contribution in [1.82, 2.24) is 20.2 Å². The van der Waals surface area contributed by atoms with Crippen molar-refractivity contribution in [1.29, 1.82) is 0 Å². The monoisotopic (exact) mass is 312 g/mol. The second-order valence-corrected chi connectivity index (χ2v) is 4.35. The highest BCUT2D eigenvalue weighted by Gasteiger charge is 2.12. The van der Waals surface area contributed by atoms with Gasteiger partial charge in [0.2, 0.25) is 5.82 Å². The van der Waals surface area contributed by atoms with Gasteiger partial charge in [-0.15, -0.1) is 10.2 Å². The molecule has 18 heavy (non-hydrogen) atoms. The van der Waals surface area contributed by atoms with Crippen molar-refractivity contribution in [2.24, 2.45) is 7.05 Å². The lowest BCUT2D eigenvalue weighted by atomic mass is 10.2. The summed E-state index contributed by atoms with van der Waals surface area (Å²) < 4.78 is 6.04. The molecule has 0 radical (unpaired) electrons. The molecule has 0 amide bonds. The Hall–Kier alpha value is -1.96. The molecule has 0 saturated carbocycles. The quantitative estimate of drug-likeness (QED) is 0.913. The largest absolute Gasteiger partial charge is 0.485 e. The van der Waals surface area contributed by atoms with E-state index in [1.165, 1.54) is 10.9 Å². The van der Waals surface area contributed by atoms with Crippen LogP contribution in [0.15, 0.2) is 22.7 Å². The number of carbonyl (C=O) groups is 1. The van der Waals surface area contributed by atoms with Gasteiger partial charge in [0.25, 0.3) is 0 Å². The predicted molar refractivity (Wildman–Crippen MR) is 64.2 cm³/mol. The third kappa shape index (κ3) is 2.83. The van der Waals surface area contributed by atoms with E-state index >= 15 is 0 Å². The Morgan fingerprint density at radius 3 is 2.94 bits per heavy atom. The number of nitrogens with zero attached hydrogens (tertiary/aromatic N) is 4. The van der Waals surface area contributed by atoms with Crippen LogP contribution in [0.5, 0.6) is 5.75 Å². The van der Waals surface area contributed by atoms with E-state index in [2.05, 4.69) is 31.3 Å². The molecule has 2 aromatic rings. The van der Waals surface area contributed by atoms with Crippen LogP contribution in [-0.4, -0.2) is 31.3 Å². The molecule has 7 nitrogen and oxygen atoms in total. The first-order chi connectivity index (χ1) is 8.56. The lowest BCUT2D eigenvalue weighted by Gasteiger charge is -2.07. The summed E-state index contributed by atoms with van der Waals surface area (Å²) in [5, 5.41) is 20.4. The number of hydrogen-bond acceptors (Lipinski definition) is 5. The van der Waals surface area contributed by atoms with E-state index in [1.807, 2.05) is 0 Å². The zero-order valence-electron chi connectivity index (χ0n) is 9.37. The fraction of sp³-hybridized carbons (Fsp3) is 0.200. The van der Waals surface area contributed by atoms with Gasteiger partial charge in [-0.2, -0.15) is 4.80 Å². The molecule has 1 aromatic carbocycles. The number of tetrazole rings is 1. The lowest BCUT2D eigenvalue weighted by Crippen LogP contribution is -2.04. The fourth-order valence-electron chi connectivity index (χ4n) is 1.32. The van der Waals surface area contributed by atoms with E-state index < -0.39 is 5.97 Å². The van der Waals surface area contributed by atoms with E-state index in [0.717, 1.165) is 0 Å². The average Bonchev–Trinajstić information content (AvgIpc) is 2.73. The first-order valence-electron chi connectivity index (χ1n) is 4.95. The molecule has 94 valence electrons. The smallest absolute Gasteiger partial charge is 0.339 e. The molecule has 0 aliphatic heterocycles. The van der Waals surface area contributed by atoms with Crippen LogP contribution >= 0.6 is 15.9 Å². The third-order valence-electron chi connectivity index (χ3n) is 2.08. The van der Waals surface area contributed by atoms with Gasteiger partial charge in [0, 0.05) is 4.47 Å². The molecule has 0 spiro atoms. The van der Waals surface area contributed by atoms with Crippen molar-refractivity contribution >= 4 is 21.9 Å². The molecule has 0 aliphatic carbocycles. The SMILES string of the molecule is Cn1nnc(COc2ccc(Br)cc2C(=O)O)n1. The zero-order valence-corrected chi connectivity index (χ0v) is 11.0. The molecule has 0 unspecified atom stereocenters. The summed E-state index contributed by atoms with van der Waals surface area (Å²) in [6.45, 7) is 0.0652. The average molecular weight is 313 g/mol. The van der Waals surface area contributed by atoms with Gasteiger partial charge in [-0.1, -0.05) is 15.9 Å². The first kappa shape index (κ1) is 12.5. The topological polar surface area (TPSA) is 90.1 Å². The molecule has 2 rings (SSSR count). The minimum absolute atomic E-state index is 0.0652. The number of aromatic nitrogens is 4. The minimum atomic E-state index is -1.06. The van der Waals surface area contributed by atoms with Crippen LogP contribution in [0.2, 0.25) is 0 Å². The molecule has 0 saturated heterocycles. The number of halogens is 1. The van der Waals surface area contributed by atoms with E-state index in [-0.39, 0.29) is 17.9 Å². The van der Waals surface area contributed by atoms with Crippen molar-refractivity contribution in [3.8, 4) is 5.75 Å². The van der Waals surface area contributed by atoms with Gasteiger partial charge in [0.05, 0.1) is 7.05 Å². The molecule has 1 N–H and O–H groups in total. The zero-order chi connectivity index (χ0) is 13.1. The van der Waals surface area contributed by atoms with Gasteiger partial charge in [-0.3, -0.25) is 0 Å². The van der Waals surface area contributed by atoms with Crippen molar-refractivity contribution in [3.63, 3.8) is 0 Å².